The fourth-order valence-electron chi connectivity index (χ4n) is 2.52. The largest absolute Gasteiger partial charge is 0.486 e. The summed E-state index contributed by atoms with van der Waals surface area (Å²) in [6, 6.07) is 3.00. The maximum atomic E-state index is 13.9. The first-order chi connectivity index (χ1) is 9.55. The predicted octanol–water partition coefficient (Wildman–Crippen LogP) is 2.23. The van der Waals surface area contributed by atoms with Crippen molar-refractivity contribution in [1.29, 1.82) is 0 Å². The lowest BCUT2D eigenvalue weighted by Crippen LogP contribution is -2.34. The number of hydrogen-bond acceptors (Lipinski definition) is 4. The maximum absolute atomic E-state index is 13.9. The molecule has 1 N–H and O–H groups in total. The molecule has 6 heteroatoms. The summed E-state index contributed by atoms with van der Waals surface area (Å²) in [5.74, 6) is -2.07. The molecule has 0 spiro atoms. The molecule has 3 rings (SSSR count). The van der Waals surface area contributed by atoms with Gasteiger partial charge in [0, 0.05) is 25.6 Å². The van der Waals surface area contributed by atoms with Crippen LogP contribution in [-0.2, 0) is 10.7 Å². The molecule has 1 aromatic rings. The number of morpholine rings is 1. The SMILES string of the molecule is CC(F)(F)c1cc2c(cc1C1CNCCO1)OCCO2. The number of ether oxygens (including phenoxy) is 3. The van der Waals surface area contributed by atoms with Crippen LogP contribution in [-0.4, -0.2) is 32.9 Å². The molecule has 2 aliphatic rings. The molecule has 0 amide bonds. The number of hydrogen-bond donors (Lipinski definition) is 1. The van der Waals surface area contributed by atoms with Crippen LogP contribution in [0.2, 0.25) is 0 Å². The first-order valence-corrected chi connectivity index (χ1v) is 6.70. The Hall–Kier alpha value is -1.40. The van der Waals surface area contributed by atoms with Crippen molar-refractivity contribution >= 4 is 0 Å². The van der Waals surface area contributed by atoms with Gasteiger partial charge in [-0.15, -0.1) is 0 Å². The van der Waals surface area contributed by atoms with E-state index in [-0.39, 0.29) is 11.7 Å². The molecule has 110 valence electrons. The highest BCUT2D eigenvalue weighted by molar-refractivity contribution is 5.50. The highest BCUT2D eigenvalue weighted by Crippen LogP contribution is 2.42. The first-order valence-electron chi connectivity index (χ1n) is 6.70. The minimum atomic E-state index is -2.95. The van der Waals surface area contributed by atoms with Crippen LogP contribution in [0, 0.1) is 0 Å². The molecular weight excluding hydrogens is 268 g/mol. The summed E-state index contributed by atoms with van der Waals surface area (Å²) in [7, 11) is 0. The van der Waals surface area contributed by atoms with E-state index in [0.717, 1.165) is 13.5 Å². The predicted molar refractivity (Wildman–Crippen MR) is 68.6 cm³/mol. The molecule has 1 unspecified atom stereocenters. The molecule has 1 atom stereocenters. The van der Waals surface area contributed by atoms with Gasteiger partial charge in [0.15, 0.2) is 11.5 Å². The standard InChI is InChI=1S/C14H17F2NO3/c1-14(15,16)10-7-12-11(19-4-5-20-12)6-9(10)13-8-17-2-3-18-13/h6-7,13,17H,2-5,8H2,1H3. The van der Waals surface area contributed by atoms with Crippen LogP contribution < -0.4 is 14.8 Å². The van der Waals surface area contributed by atoms with Crippen LogP contribution in [0.3, 0.4) is 0 Å². The van der Waals surface area contributed by atoms with Crippen molar-refractivity contribution in [2.45, 2.75) is 19.0 Å². The topological polar surface area (TPSA) is 39.7 Å². The fourth-order valence-corrected chi connectivity index (χ4v) is 2.52. The molecule has 0 radical (unpaired) electrons. The van der Waals surface area contributed by atoms with Gasteiger partial charge in [-0.25, -0.2) is 8.78 Å². The molecule has 0 saturated carbocycles. The summed E-state index contributed by atoms with van der Waals surface area (Å²) in [4.78, 5) is 0. The van der Waals surface area contributed by atoms with E-state index in [9.17, 15) is 8.78 Å². The normalized spacial score (nSPS) is 22.6. The average molecular weight is 285 g/mol. The summed E-state index contributed by atoms with van der Waals surface area (Å²) in [5.41, 5.74) is 0.407. The van der Waals surface area contributed by atoms with Crippen molar-refractivity contribution in [3.05, 3.63) is 23.3 Å². The summed E-state index contributed by atoms with van der Waals surface area (Å²) >= 11 is 0. The van der Waals surface area contributed by atoms with Crippen LogP contribution in [0.4, 0.5) is 8.78 Å². The summed E-state index contributed by atoms with van der Waals surface area (Å²) < 4.78 is 44.2. The second kappa shape index (κ2) is 5.18. The molecule has 2 heterocycles. The number of benzene rings is 1. The molecule has 0 aliphatic carbocycles. The zero-order valence-corrected chi connectivity index (χ0v) is 11.2. The second-order valence-corrected chi connectivity index (χ2v) is 5.04. The summed E-state index contributed by atoms with van der Waals surface area (Å²) in [5, 5.41) is 3.15. The van der Waals surface area contributed by atoms with Gasteiger partial charge in [0.1, 0.15) is 13.2 Å². The van der Waals surface area contributed by atoms with Gasteiger partial charge in [-0.05, 0) is 17.7 Å². The van der Waals surface area contributed by atoms with Crippen LogP contribution in [0.5, 0.6) is 11.5 Å². The van der Waals surface area contributed by atoms with Crippen molar-refractivity contribution in [1.82, 2.24) is 5.32 Å². The quantitative estimate of drug-likeness (QED) is 0.904. The third-order valence-corrected chi connectivity index (χ3v) is 3.46. The highest BCUT2D eigenvalue weighted by Gasteiger charge is 2.33. The van der Waals surface area contributed by atoms with Crippen LogP contribution >= 0.6 is 0 Å². The highest BCUT2D eigenvalue weighted by atomic mass is 19.3. The molecule has 0 bridgehead atoms. The van der Waals surface area contributed by atoms with E-state index in [1.807, 2.05) is 0 Å². The lowest BCUT2D eigenvalue weighted by atomic mass is 9.96. The molecule has 1 saturated heterocycles. The molecular formula is C14H17F2NO3. The average Bonchev–Trinajstić information content (AvgIpc) is 2.46. The Kier molecular flexibility index (Phi) is 3.52. The number of rotatable bonds is 2. The Bertz CT molecular complexity index is 496. The molecule has 1 fully saturated rings. The maximum Gasteiger partial charge on any atom is 0.271 e. The number of nitrogens with one attached hydrogen (secondary N) is 1. The zero-order valence-electron chi connectivity index (χ0n) is 11.2. The van der Waals surface area contributed by atoms with Crippen LogP contribution in [0.1, 0.15) is 24.2 Å². The molecule has 0 aromatic heterocycles. The lowest BCUT2D eigenvalue weighted by molar-refractivity contribution is 0.000586. The number of halogens is 2. The van der Waals surface area contributed by atoms with Crippen molar-refractivity contribution in [3.63, 3.8) is 0 Å². The Labute approximate surface area is 116 Å². The van der Waals surface area contributed by atoms with E-state index in [4.69, 9.17) is 14.2 Å². The van der Waals surface area contributed by atoms with Gasteiger partial charge in [-0.1, -0.05) is 0 Å². The summed E-state index contributed by atoms with van der Waals surface area (Å²) in [6.07, 6.45) is -0.389. The van der Waals surface area contributed by atoms with E-state index in [0.29, 0.717) is 43.4 Å². The Morgan fingerprint density at radius 3 is 2.45 bits per heavy atom. The Morgan fingerprint density at radius 1 is 1.15 bits per heavy atom. The monoisotopic (exact) mass is 285 g/mol. The lowest BCUT2D eigenvalue weighted by Gasteiger charge is -2.29. The van der Waals surface area contributed by atoms with E-state index in [1.165, 1.54) is 6.07 Å². The Morgan fingerprint density at radius 2 is 1.85 bits per heavy atom. The van der Waals surface area contributed by atoms with Gasteiger partial charge in [0.25, 0.3) is 5.92 Å². The van der Waals surface area contributed by atoms with Crippen LogP contribution in [0.25, 0.3) is 0 Å². The van der Waals surface area contributed by atoms with Gasteiger partial charge < -0.3 is 19.5 Å². The second-order valence-electron chi connectivity index (χ2n) is 5.04. The van der Waals surface area contributed by atoms with Crippen molar-refractivity contribution < 1.29 is 23.0 Å². The third kappa shape index (κ3) is 2.58. The molecule has 20 heavy (non-hydrogen) atoms. The minimum Gasteiger partial charge on any atom is -0.486 e. The van der Waals surface area contributed by atoms with E-state index < -0.39 is 5.92 Å². The molecule has 2 aliphatic heterocycles. The number of fused-ring (bicyclic) bond motifs is 1. The third-order valence-electron chi connectivity index (χ3n) is 3.46. The first kappa shape index (κ1) is 13.6. The van der Waals surface area contributed by atoms with Gasteiger partial charge in [-0.2, -0.15) is 0 Å². The van der Waals surface area contributed by atoms with E-state index in [2.05, 4.69) is 5.32 Å². The van der Waals surface area contributed by atoms with Crippen molar-refractivity contribution in [3.8, 4) is 11.5 Å². The van der Waals surface area contributed by atoms with Crippen molar-refractivity contribution in [2.75, 3.05) is 32.9 Å². The smallest absolute Gasteiger partial charge is 0.271 e. The van der Waals surface area contributed by atoms with Gasteiger partial charge in [0.2, 0.25) is 0 Å². The summed E-state index contributed by atoms with van der Waals surface area (Å²) in [6.45, 7) is 3.45. The van der Waals surface area contributed by atoms with Gasteiger partial charge >= 0.3 is 0 Å². The zero-order chi connectivity index (χ0) is 14.2. The van der Waals surface area contributed by atoms with Gasteiger partial charge in [0.05, 0.1) is 12.7 Å². The van der Waals surface area contributed by atoms with Crippen molar-refractivity contribution in [2.24, 2.45) is 0 Å². The Balaban J connectivity index is 2.05. The minimum absolute atomic E-state index is 0.0598. The van der Waals surface area contributed by atoms with E-state index >= 15 is 0 Å². The fraction of sp³-hybridized carbons (Fsp3) is 0.571. The van der Waals surface area contributed by atoms with Gasteiger partial charge in [-0.3, -0.25) is 0 Å². The van der Waals surface area contributed by atoms with E-state index in [1.54, 1.807) is 6.07 Å². The number of alkyl halides is 2. The molecule has 1 aromatic carbocycles. The molecule has 4 nitrogen and oxygen atoms in total. The van der Waals surface area contributed by atoms with Crippen LogP contribution in [0.15, 0.2) is 12.1 Å².